The van der Waals surface area contributed by atoms with Gasteiger partial charge in [-0.2, -0.15) is 0 Å². The molecule has 8 heteroatoms. The fraction of sp³-hybridized carbons (Fsp3) is 0.158. The lowest BCUT2D eigenvalue weighted by molar-refractivity contribution is -0.668. The molecule has 2 N–H and O–H groups in total. The highest BCUT2D eigenvalue weighted by Gasteiger charge is 2.20. The molecule has 0 atom stereocenters. The fourth-order valence-corrected chi connectivity index (χ4v) is 3.79. The van der Waals surface area contributed by atoms with Crippen molar-refractivity contribution in [3.8, 4) is 11.3 Å². The fourth-order valence-electron chi connectivity index (χ4n) is 2.56. The summed E-state index contributed by atoms with van der Waals surface area (Å²) in [5.74, 6) is -0.791. The van der Waals surface area contributed by atoms with Crippen LogP contribution in [0, 0.1) is 0 Å². The Morgan fingerprint density at radius 3 is 2.22 bits per heavy atom. The summed E-state index contributed by atoms with van der Waals surface area (Å²) in [6.07, 6.45) is 0.676. The number of nitrogens with zero attached hydrogens (tertiary/aromatic N) is 1. The Bertz CT molecular complexity index is 899. The average Bonchev–Trinajstić information content (AvgIpc) is 3.00. The van der Waals surface area contributed by atoms with Crippen LogP contribution in [0.25, 0.3) is 11.3 Å². The van der Waals surface area contributed by atoms with Crippen LogP contribution in [0.1, 0.15) is 12.8 Å². The number of benzene rings is 2. The third kappa shape index (κ3) is 5.94. The van der Waals surface area contributed by atoms with Crippen molar-refractivity contribution in [2.75, 3.05) is 5.32 Å². The third-order valence-electron chi connectivity index (χ3n) is 3.83. The van der Waals surface area contributed by atoms with Gasteiger partial charge in [0.25, 0.3) is 0 Å². The number of thiazole rings is 1. The Kier molecular flexibility index (Phi) is 8.10. The summed E-state index contributed by atoms with van der Waals surface area (Å²) in [5, 5.41) is 16.7. The van der Waals surface area contributed by atoms with Gasteiger partial charge in [0.05, 0.1) is 6.54 Å². The summed E-state index contributed by atoms with van der Waals surface area (Å²) < 4.78 is 2.10. The lowest BCUT2D eigenvalue weighted by Gasteiger charge is -2.06. The van der Waals surface area contributed by atoms with Crippen molar-refractivity contribution in [3.63, 3.8) is 0 Å². The second-order valence-corrected chi connectivity index (χ2v) is 7.44. The van der Waals surface area contributed by atoms with Crippen LogP contribution < -0.4 is 26.9 Å². The molecule has 0 fully saturated rings. The number of anilines is 2. The standard InChI is InChI=1S/C19H16Cl2N2O2S.BrH/c20-14-5-3-13(4-6-14)17-12-26-19(23(17)11-1-2-18(24)25)22-16-9-7-15(21)8-10-16;/h3-10,12H,1-2,11H2,(H,24,25);1H. The molecule has 0 amide bonds. The van der Waals surface area contributed by atoms with Gasteiger partial charge in [0.1, 0.15) is 11.4 Å². The van der Waals surface area contributed by atoms with E-state index in [1.165, 1.54) is 0 Å². The maximum absolute atomic E-state index is 10.9. The number of halogens is 3. The van der Waals surface area contributed by atoms with Crippen molar-refractivity contribution in [3.05, 3.63) is 64.0 Å². The first kappa shape index (κ1) is 21.7. The molecule has 1 aromatic heterocycles. The van der Waals surface area contributed by atoms with E-state index in [9.17, 15) is 4.79 Å². The summed E-state index contributed by atoms with van der Waals surface area (Å²) >= 11 is 13.5. The van der Waals surface area contributed by atoms with Gasteiger partial charge in [0.15, 0.2) is 0 Å². The number of nitrogens with one attached hydrogen (secondary N) is 1. The van der Waals surface area contributed by atoms with Gasteiger partial charge in [-0.15, -0.1) is 0 Å². The predicted molar refractivity (Wildman–Crippen MR) is 107 cm³/mol. The van der Waals surface area contributed by atoms with Crippen LogP contribution in [0.3, 0.4) is 0 Å². The van der Waals surface area contributed by atoms with E-state index >= 15 is 0 Å². The maximum Gasteiger partial charge on any atom is 0.339 e. The summed E-state index contributed by atoms with van der Waals surface area (Å²) in [5.41, 5.74) is 2.98. The first-order chi connectivity index (χ1) is 12.5. The molecule has 0 aliphatic heterocycles. The summed E-state index contributed by atoms with van der Waals surface area (Å²) in [6, 6.07) is 15.1. The largest absolute Gasteiger partial charge is 1.00 e. The number of rotatable bonds is 7. The van der Waals surface area contributed by atoms with Crippen LogP contribution in [0.15, 0.2) is 53.9 Å². The molecular weight excluding hydrogens is 471 g/mol. The molecule has 142 valence electrons. The molecule has 27 heavy (non-hydrogen) atoms. The van der Waals surface area contributed by atoms with Crippen molar-refractivity contribution < 1.29 is 31.4 Å². The Morgan fingerprint density at radius 1 is 1.04 bits per heavy atom. The predicted octanol–water partition coefficient (Wildman–Crippen LogP) is 2.62. The van der Waals surface area contributed by atoms with Crippen LogP contribution in [-0.2, 0) is 11.3 Å². The number of carbonyl (C=O) groups is 1. The van der Waals surface area contributed by atoms with Gasteiger partial charge in [0.2, 0.25) is 0 Å². The monoisotopic (exact) mass is 486 g/mol. The first-order valence-corrected chi connectivity index (χ1v) is 9.68. The van der Waals surface area contributed by atoms with Gasteiger partial charge in [-0.1, -0.05) is 34.5 Å². The maximum atomic E-state index is 10.9. The minimum Gasteiger partial charge on any atom is -1.00 e. The second-order valence-electron chi connectivity index (χ2n) is 5.71. The first-order valence-electron chi connectivity index (χ1n) is 8.04. The smallest absolute Gasteiger partial charge is 0.339 e. The molecule has 0 aliphatic carbocycles. The van der Waals surface area contributed by atoms with Gasteiger partial charge in [-0.25, -0.2) is 9.88 Å². The summed E-state index contributed by atoms with van der Waals surface area (Å²) in [4.78, 5) is 10.9. The number of carboxylic acid groups (broad SMARTS) is 1. The van der Waals surface area contributed by atoms with Gasteiger partial charge in [-0.3, -0.25) is 4.79 Å². The van der Waals surface area contributed by atoms with Crippen molar-refractivity contribution in [1.82, 2.24) is 0 Å². The number of carboxylic acids is 1. The van der Waals surface area contributed by atoms with Crippen molar-refractivity contribution in [1.29, 1.82) is 0 Å². The number of hydrogen-bond acceptors (Lipinski definition) is 3. The minimum absolute atomic E-state index is 0. The lowest BCUT2D eigenvalue weighted by atomic mass is 10.1. The lowest BCUT2D eigenvalue weighted by Crippen LogP contribution is -3.00. The highest BCUT2D eigenvalue weighted by atomic mass is 79.9. The van der Waals surface area contributed by atoms with E-state index in [4.69, 9.17) is 28.3 Å². The van der Waals surface area contributed by atoms with Crippen molar-refractivity contribution >= 4 is 51.3 Å². The molecule has 3 aromatic rings. The number of aliphatic carboxylic acids is 1. The topological polar surface area (TPSA) is 53.2 Å². The van der Waals surface area contributed by atoms with Gasteiger partial charge >= 0.3 is 11.1 Å². The molecule has 2 aromatic carbocycles. The molecule has 0 spiro atoms. The minimum atomic E-state index is -0.791. The molecule has 0 radical (unpaired) electrons. The van der Waals surface area contributed by atoms with Gasteiger partial charge in [-0.05, 0) is 55.0 Å². The Hall–Kier alpha value is -1.60. The Labute approximate surface area is 182 Å². The third-order valence-corrected chi connectivity index (χ3v) is 5.22. The molecule has 0 saturated heterocycles. The van der Waals surface area contributed by atoms with Crippen LogP contribution in [-0.4, -0.2) is 11.1 Å². The summed E-state index contributed by atoms with van der Waals surface area (Å²) in [6.45, 7) is 0.601. The molecule has 3 rings (SSSR count). The zero-order valence-electron chi connectivity index (χ0n) is 14.2. The quantitative estimate of drug-likeness (QED) is 0.503. The average molecular weight is 488 g/mol. The van der Waals surface area contributed by atoms with Crippen LogP contribution >= 0.6 is 34.5 Å². The highest BCUT2D eigenvalue weighted by molar-refractivity contribution is 7.13. The van der Waals surface area contributed by atoms with Gasteiger partial charge < -0.3 is 22.1 Å². The molecule has 0 bridgehead atoms. The normalized spacial score (nSPS) is 10.3. The van der Waals surface area contributed by atoms with Gasteiger partial charge in [0, 0.05) is 27.4 Å². The molecule has 1 heterocycles. The number of hydrogen-bond donors (Lipinski definition) is 2. The van der Waals surface area contributed by atoms with E-state index in [-0.39, 0.29) is 23.4 Å². The van der Waals surface area contributed by atoms with Crippen molar-refractivity contribution in [2.24, 2.45) is 0 Å². The zero-order chi connectivity index (χ0) is 18.5. The highest BCUT2D eigenvalue weighted by Crippen LogP contribution is 2.27. The molecule has 4 nitrogen and oxygen atoms in total. The Balaban J connectivity index is 0.00000261. The van der Waals surface area contributed by atoms with Crippen LogP contribution in [0.5, 0.6) is 0 Å². The zero-order valence-corrected chi connectivity index (χ0v) is 18.1. The van der Waals surface area contributed by atoms with E-state index in [0.717, 1.165) is 22.1 Å². The van der Waals surface area contributed by atoms with E-state index in [2.05, 4.69) is 15.3 Å². The van der Waals surface area contributed by atoms with E-state index in [1.807, 2.05) is 48.5 Å². The van der Waals surface area contributed by atoms with Crippen LogP contribution in [0.2, 0.25) is 10.0 Å². The molecule has 0 unspecified atom stereocenters. The van der Waals surface area contributed by atoms with E-state index < -0.39 is 5.97 Å². The van der Waals surface area contributed by atoms with Crippen LogP contribution in [0.4, 0.5) is 10.8 Å². The Morgan fingerprint density at radius 2 is 1.63 bits per heavy atom. The molecule has 0 saturated carbocycles. The van der Waals surface area contributed by atoms with E-state index in [1.54, 1.807) is 11.3 Å². The molecular formula is C19H17BrCl2N2O2S. The molecule has 0 aliphatic rings. The SMILES string of the molecule is O=C(O)CCC[n+]1c(-c2ccc(Cl)cc2)csc1Nc1ccc(Cl)cc1.[Br-]. The van der Waals surface area contributed by atoms with Crippen molar-refractivity contribution in [2.45, 2.75) is 19.4 Å². The second kappa shape index (κ2) is 10.1. The van der Waals surface area contributed by atoms with E-state index in [0.29, 0.717) is 23.0 Å². The number of aromatic nitrogens is 1. The summed E-state index contributed by atoms with van der Waals surface area (Å²) in [7, 11) is 0.